The van der Waals surface area contributed by atoms with Gasteiger partial charge in [0.2, 0.25) is 0 Å². The van der Waals surface area contributed by atoms with Crippen molar-refractivity contribution in [3.05, 3.63) is 48.6 Å². The summed E-state index contributed by atoms with van der Waals surface area (Å²) in [6, 6.07) is 0. The fraction of sp³-hybridized carbons (Fsp3) is 0.831. The highest BCUT2D eigenvalue weighted by molar-refractivity contribution is 5.70. The van der Waals surface area contributed by atoms with E-state index >= 15 is 0 Å². The van der Waals surface area contributed by atoms with Gasteiger partial charge in [-0.05, 0) is 136 Å². The van der Waals surface area contributed by atoms with E-state index in [9.17, 15) is 14.4 Å². The van der Waals surface area contributed by atoms with Crippen molar-refractivity contribution in [3.8, 4) is 0 Å². The lowest BCUT2D eigenvalue weighted by Gasteiger charge is -2.51. The summed E-state index contributed by atoms with van der Waals surface area (Å²) in [6.07, 6.45) is 58.3. The fourth-order valence-electron chi connectivity index (χ4n) is 9.83. The molecule has 75 heavy (non-hydrogen) atoms. The maximum Gasteiger partial charge on any atom is 0.306 e. The van der Waals surface area contributed by atoms with E-state index in [4.69, 9.17) is 28.4 Å². The number of rotatable bonds is 52. The van der Waals surface area contributed by atoms with Crippen LogP contribution in [0.3, 0.4) is 0 Å². The number of carbonyl (C=O) groups excluding carboxylic acids is 3. The van der Waals surface area contributed by atoms with Crippen molar-refractivity contribution >= 4 is 17.9 Å². The van der Waals surface area contributed by atoms with E-state index in [1.54, 1.807) is 0 Å². The fourth-order valence-corrected chi connectivity index (χ4v) is 9.83. The molecule has 0 aromatic rings. The summed E-state index contributed by atoms with van der Waals surface area (Å²) >= 11 is 0. The Morgan fingerprint density at radius 1 is 0.440 bits per heavy atom. The first-order chi connectivity index (χ1) is 36.7. The molecule has 0 aromatic carbocycles. The molecule has 3 fully saturated rings. The first-order valence-electron chi connectivity index (χ1n) is 31.4. The quantitative estimate of drug-likeness (QED) is 0.0253. The second kappa shape index (κ2) is 47.2. The van der Waals surface area contributed by atoms with Crippen molar-refractivity contribution in [1.82, 2.24) is 4.90 Å². The molecule has 2 atom stereocenters. The SMILES string of the molecule is CCCCC/C=C\C/C=C\CCCCCCCC(=O)OC(CCCCCCCC)C(CCCCCCCC12OCC(COC(=O)CCCN(C)C)(CO1)CO2)OC(=O)CCCCCCC/C=C\C/C=C\CCCCC. The summed E-state index contributed by atoms with van der Waals surface area (Å²) in [6.45, 7) is 9.18. The van der Waals surface area contributed by atoms with Crippen LogP contribution >= 0.6 is 0 Å². The number of fused-ring (bicyclic) bond motifs is 3. The van der Waals surface area contributed by atoms with Crippen LogP contribution in [-0.4, -0.2) is 88.1 Å². The minimum Gasteiger partial charge on any atom is -0.465 e. The third kappa shape index (κ3) is 37.6. The molecule has 0 aromatic heterocycles. The van der Waals surface area contributed by atoms with Crippen LogP contribution in [0.15, 0.2) is 48.6 Å². The van der Waals surface area contributed by atoms with Crippen molar-refractivity contribution < 1.29 is 42.8 Å². The molecule has 0 radical (unpaired) electrons. The highest BCUT2D eigenvalue weighted by atomic mass is 16.9. The van der Waals surface area contributed by atoms with Gasteiger partial charge >= 0.3 is 17.9 Å². The van der Waals surface area contributed by atoms with Crippen LogP contribution < -0.4 is 0 Å². The van der Waals surface area contributed by atoms with Crippen molar-refractivity contribution in [2.24, 2.45) is 5.41 Å². The Balaban J connectivity index is 1.88. The average Bonchev–Trinajstić information content (AvgIpc) is 3.40. The van der Waals surface area contributed by atoms with Gasteiger partial charge in [-0.25, -0.2) is 0 Å². The summed E-state index contributed by atoms with van der Waals surface area (Å²) in [4.78, 5) is 41.4. The molecule has 3 aliphatic rings. The first-order valence-corrected chi connectivity index (χ1v) is 31.4. The van der Waals surface area contributed by atoms with Crippen LogP contribution in [0, 0.1) is 5.41 Å². The van der Waals surface area contributed by atoms with Gasteiger partial charge in [-0.15, -0.1) is 0 Å². The molecule has 3 rings (SSSR count). The highest BCUT2D eigenvalue weighted by Gasteiger charge is 2.53. The van der Waals surface area contributed by atoms with Gasteiger partial charge < -0.3 is 33.3 Å². The lowest BCUT2D eigenvalue weighted by atomic mass is 9.89. The molecule has 0 aliphatic carbocycles. The average molecular weight is 1050 g/mol. The minimum absolute atomic E-state index is 0.156. The topological polar surface area (TPSA) is 110 Å². The molecule has 3 saturated heterocycles. The van der Waals surface area contributed by atoms with Gasteiger partial charge in [0.05, 0.1) is 25.2 Å². The van der Waals surface area contributed by atoms with Crippen molar-refractivity contribution in [2.45, 2.75) is 296 Å². The Morgan fingerprint density at radius 3 is 1.24 bits per heavy atom. The van der Waals surface area contributed by atoms with Crippen LogP contribution in [0.2, 0.25) is 0 Å². The van der Waals surface area contributed by atoms with Crippen molar-refractivity contribution in [2.75, 3.05) is 47.1 Å². The summed E-state index contributed by atoms with van der Waals surface area (Å²) in [5, 5.41) is 0. The molecule has 0 spiro atoms. The van der Waals surface area contributed by atoms with Gasteiger partial charge in [0.15, 0.2) is 0 Å². The predicted octanol–water partition coefficient (Wildman–Crippen LogP) is 17.5. The Hall–Kier alpha value is -2.79. The molecule has 10 nitrogen and oxygen atoms in total. The maximum atomic E-state index is 13.5. The Kier molecular flexibility index (Phi) is 43.0. The molecule has 10 heteroatoms. The zero-order valence-corrected chi connectivity index (χ0v) is 49.2. The van der Waals surface area contributed by atoms with Crippen molar-refractivity contribution in [3.63, 3.8) is 0 Å². The number of unbranched alkanes of at least 4 members (excludes halogenated alkanes) is 25. The normalized spacial score (nSPS) is 18.6. The Bertz CT molecular complexity index is 1480. The van der Waals surface area contributed by atoms with E-state index < -0.39 is 23.6 Å². The standard InChI is InChI=1S/C65H115NO9/c1-6-9-12-15-18-20-22-24-26-28-30-32-34-39-44-50-62(68)74-59(48-42-37-17-14-11-8-3)60(75-63(69)51-45-40-35-33-31-29-27-25-23-21-19-16-13-10-7-2)49-43-38-36-41-46-53-65-71-56-64(57-72-65,58-73-65)55-70-61(67)52-47-54-66(4)5/h18-21,24-27,59-60H,6-17,22-23,28-58H2,1-5H3/b20-18-,21-19-,26-24-,27-25-. The number of nitrogens with zero attached hydrogens (tertiary/aromatic N) is 1. The number of hydrogen-bond donors (Lipinski definition) is 0. The number of carbonyl (C=O) groups is 3. The zero-order chi connectivity index (χ0) is 54.2. The van der Waals surface area contributed by atoms with Crippen LogP contribution in [0.4, 0.5) is 0 Å². The number of ether oxygens (including phenoxy) is 6. The number of allylic oxidation sites excluding steroid dienone is 8. The summed E-state index contributed by atoms with van der Waals surface area (Å²) < 4.78 is 36.7. The van der Waals surface area contributed by atoms with Gasteiger partial charge in [-0.3, -0.25) is 14.4 Å². The molecule has 0 N–H and O–H groups in total. The van der Waals surface area contributed by atoms with E-state index in [-0.39, 0.29) is 24.5 Å². The zero-order valence-electron chi connectivity index (χ0n) is 49.2. The molecule has 2 bridgehead atoms. The lowest BCUT2D eigenvalue weighted by Crippen LogP contribution is -2.61. The molecule has 0 saturated carbocycles. The molecule has 3 heterocycles. The van der Waals surface area contributed by atoms with Crippen LogP contribution in [0.5, 0.6) is 0 Å². The van der Waals surface area contributed by atoms with E-state index in [0.717, 1.165) is 129 Å². The van der Waals surface area contributed by atoms with Gasteiger partial charge in [0.25, 0.3) is 5.97 Å². The molecule has 0 amide bonds. The molecule has 3 aliphatic heterocycles. The van der Waals surface area contributed by atoms with Crippen LogP contribution in [0.1, 0.15) is 278 Å². The van der Waals surface area contributed by atoms with E-state index in [0.29, 0.717) is 51.9 Å². The third-order valence-electron chi connectivity index (χ3n) is 14.8. The van der Waals surface area contributed by atoms with Crippen molar-refractivity contribution in [1.29, 1.82) is 0 Å². The second-order valence-corrected chi connectivity index (χ2v) is 22.5. The first kappa shape index (κ1) is 68.3. The molecule has 434 valence electrons. The van der Waals surface area contributed by atoms with Gasteiger partial charge in [0.1, 0.15) is 18.8 Å². The third-order valence-corrected chi connectivity index (χ3v) is 14.8. The monoisotopic (exact) mass is 1050 g/mol. The molecule has 2 unspecified atom stereocenters. The Morgan fingerprint density at radius 2 is 0.800 bits per heavy atom. The van der Waals surface area contributed by atoms with E-state index in [2.05, 4.69) is 74.3 Å². The van der Waals surface area contributed by atoms with Gasteiger partial charge in [0, 0.05) is 25.7 Å². The second-order valence-electron chi connectivity index (χ2n) is 22.5. The summed E-state index contributed by atoms with van der Waals surface area (Å²) in [7, 11) is 3.99. The number of esters is 3. The van der Waals surface area contributed by atoms with E-state index in [1.807, 2.05) is 14.1 Å². The molecular weight excluding hydrogens is 939 g/mol. The Labute approximate surface area is 460 Å². The van der Waals surface area contributed by atoms with Crippen LogP contribution in [-0.2, 0) is 42.8 Å². The lowest BCUT2D eigenvalue weighted by molar-refractivity contribution is -0.472. The van der Waals surface area contributed by atoms with Gasteiger partial charge in [-0.2, -0.15) is 0 Å². The molecular formula is C65H115NO9. The summed E-state index contributed by atoms with van der Waals surface area (Å²) in [5.74, 6) is -1.53. The van der Waals surface area contributed by atoms with Crippen LogP contribution in [0.25, 0.3) is 0 Å². The summed E-state index contributed by atoms with van der Waals surface area (Å²) in [5.41, 5.74) is -0.453. The van der Waals surface area contributed by atoms with E-state index in [1.165, 1.54) is 103 Å². The van der Waals surface area contributed by atoms with Gasteiger partial charge in [-0.1, -0.05) is 185 Å². The highest BCUT2D eigenvalue weighted by Crippen LogP contribution is 2.41. The maximum absolute atomic E-state index is 13.5. The minimum atomic E-state index is -1.02. The largest absolute Gasteiger partial charge is 0.465 e. The predicted molar refractivity (Wildman–Crippen MR) is 311 cm³/mol. The smallest absolute Gasteiger partial charge is 0.306 e. The number of hydrogen-bond acceptors (Lipinski definition) is 10.